The molecule has 21 heavy (non-hydrogen) atoms. The van der Waals surface area contributed by atoms with E-state index >= 15 is 0 Å². The molecular weight excluding hydrogens is 281 g/mol. The Morgan fingerprint density at radius 2 is 2.05 bits per heavy atom. The average Bonchev–Trinajstić information content (AvgIpc) is 2.76. The van der Waals surface area contributed by atoms with Gasteiger partial charge in [-0.15, -0.1) is 0 Å². The summed E-state index contributed by atoms with van der Waals surface area (Å²) in [5.41, 5.74) is 6.53. The van der Waals surface area contributed by atoms with Crippen molar-refractivity contribution in [3.05, 3.63) is 41.2 Å². The van der Waals surface area contributed by atoms with Crippen molar-refractivity contribution in [2.24, 2.45) is 7.05 Å². The van der Waals surface area contributed by atoms with Crippen LogP contribution >= 0.6 is 0 Å². The number of hydrogen-bond acceptors (Lipinski definition) is 3. The van der Waals surface area contributed by atoms with Gasteiger partial charge in [-0.2, -0.15) is 18.3 Å². The summed E-state index contributed by atoms with van der Waals surface area (Å²) in [6, 6.07) is 3.73. The number of nitrogens with two attached hydrogens (primary N) is 1. The lowest BCUT2D eigenvalue weighted by atomic mass is 10.1. The minimum atomic E-state index is -4.44. The quantitative estimate of drug-likeness (QED) is 0.852. The fourth-order valence-electron chi connectivity index (χ4n) is 2.17. The number of rotatable bonds is 4. The van der Waals surface area contributed by atoms with E-state index in [2.05, 4.69) is 10.4 Å². The summed E-state index contributed by atoms with van der Waals surface area (Å²) >= 11 is 0. The lowest BCUT2D eigenvalue weighted by molar-refractivity contribution is -0.136. The predicted octanol–water partition coefficient (Wildman–Crippen LogP) is 3.20. The molecule has 2 rings (SSSR count). The first-order valence-electron chi connectivity index (χ1n) is 6.53. The normalized spacial score (nSPS) is 11.7. The van der Waals surface area contributed by atoms with Crippen LogP contribution in [0, 0.1) is 0 Å². The summed E-state index contributed by atoms with van der Waals surface area (Å²) in [7, 11) is 1.78. The van der Waals surface area contributed by atoms with Crippen molar-refractivity contribution in [2.75, 3.05) is 11.1 Å². The van der Waals surface area contributed by atoms with Crippen molar-refractivity contribution in [2.45, 2.75) is 26.1 Å². The molecule has 7 heteroatoms. The fraction of sp³-hybridized carbons (Fsp3) is 0.357. The molecule has 1 aromatic carbocycles. The van der Waals surface area contributed by atoms with Crippen LogP contribution in [0.2, 0.25) is 0 Å². The summed E-state index contributed by atoms with van der Waals surface area (Å²) in [5.74, 6) is 0. The van der Waals surface area contributed by atoms with E-state index in [1.807, 2.05) is 6.92 Å². The third-order valence-corrected chi connectivity index (χ3v) is 3.14. The van der Waals surface area contributed by atoms with Crippen LogP contribution in [-0.4, -0.2) is 9.78 Å². The molecule has 0 unspecified atom stereocenters. The van der Waals surface area contributed by atoms with Crippen molar-refractivity contribution in [1.29, 1.82) is 0 Å². The average molecular weight is 298 g/mol. The van der Waals surface area contributed by atoms with Gasteiger partial charge in [0, 0.05) is 36.7 Å². The van der Waals surface area contributed by atoms with E-state index in [-0.39, 0.29) is 17.9 Å². The Hall–Kier alpha value is -2.18. The van der Waals surface area contributed by atoms with E-state index < -0.39 is 11.7 Å². The number of nitrogens with one attached hydrogen (secondary N) is 1. The van der Waals surface area contributed by atoms with Gasteiger partial charge >= 0.3 is 6.18 Å². The first-order chi connectivity index (χ1) is 9.81. The third-order valence-electron chi connectivity index (χ3n) is 3.14. The maximum absolute atomic E-state index is 13.0. The van der Waals surface area contributed by atoms with Crippen molar-refractivity contribution in [3.63, 3.8) is 0 Å². The van der Waals surface area contributed by atoms with Crippen molar-refractivity contribution in [3.8, 4) is 0 Å². The molecule has 0 aliphatic carbocycles. The number of alkyl halides is 3. The predicted molar refractivity (Wildman–Crippen MR) is 75.8 cm³/mol. The van der Waals surface area contributed by atoms with Crippen molar-refractivity contribution in [1.82, 2.24) is 9.78 Å². The molecule has 1 aromatic heterocycles. The SMILES string of the molecule is CCc1nn(C)cc1CNc1ccc(N)cc1C(F)(F)F. The Kier molecular flexibility index (Phi) is 4.11. The molecule has 0 saturated carbocycles. The molecule has 2 aromatic rings. The van der Waals surface area contributed by atoms with Gasteiger partial charge in [-0.3, -0.25) is 4.68 Å². The Labute approximate surface area is 120 Å². The second-order valence-electron chi connectivity index (χ2n) is 4.78. The first kappa shape index (κ1) is 15.2. The number of aromatic nitrogens is 2. The van der Waals surface area contributed by atoms with E-state index in [1.165, 1.54) is 12.1 Å². The highest BCUT2D eigenvalue weighted by molar-refractivity contribution is 5.59. The molecule has 1 heterocycles. The monoisotopic (exact) mass is 298 g/mol. The van der Waals surface area contributed by atoms with Crippen LogP contribution in [0.3, 0.4) is 0 Å². The number of aryl methyl sites for hydroxylation is 2. The Morgan fingerprint density at radius 3 is 2.67 bits per heavy atom. The molecule has 3 N–H and O–H groups in total. The molecule has 0 radical (unpaired) electrons. The molecule has 0 saturated heterocycles. The van der Waals surface area contributed by atoms with Crippen LogP contribution in [-0.2, 0) is 26.2 Å². The summed E-state index contributed by atoms with van der Waals surface area (Å²) in [4.78, 5) is 0. The smallest absolute Gasteiger partial charge is 0.399 e. The molecule has 4 nitrogen and oxygen atoms in total. The zero-order chi connectivity index (χ0) is 15.6. The summed E-state index contributed by atoms with van der Waals surface area (Å²) in [5, 5.41) is 7.08. The number of nitrogens with zero attached hydrogens (tertiary/aromatic N) is 2. The summed E-state index contributed by atoms with van der Waals surface area (Å²) < 4.78 is 40.6. The molecule has 114 valence electrons. The highest BCUT2D eigenvalue weighted by Gasteiger charge is 2.33. The van der Waals surface area contributed by atoms with E-state index in [9.17, 15) is 13.2 Å². The van der Waals surface area contributed by atoms with Crippen molar-refractivity contribution >= 4 is 11.4 Å². The molecular formula is C14H17F3N4. The van der Waals surface area contributed by atoms with Gasteiger partial charge in [0.2, 0.25) is 0 Å². The van der Waals surface area contributed by atoms with Crippen LogP contribution in [0.15, 0.2) is 24.4 Å². The Bertz CT molecular complexity index is 632. The van der Waals surface area contributed by atoms with E-state index in [0.29, 0.717) is 0 Å². The lowest BCUT2D eigenvalue weighted by Crippen LogP contribution is -2.11. The molecule has 0 spiro atoms. The number of halogens is 3. The van der Waals surface area contributed by atoms with Crippen LogP contribution in [0.5, 0.6) is 0 Å². The summed E-state index contributed by atoms with van der Waals surface area (Å²) in [6.07, 6.45) is -1.91. The van der Waals surface area contributed by atoms with E-state index in [0.717, 1.165) is 23.7 Å². The number of nitrogen functional groups attached to an aromatic ring is 1. The van der Waals surface area contributed by atoms with Crippen LogP contribution in [0.1, 0.15) is 23.7 Å². The van der Waals surface area contributed by atoms with Crippen LogP contribution in [0.25, 0.3) is 0 Å². The number of benzene rings is 1. The molecule has 0 amide bonds. The fourth-order valence-corrected chi connectivity index (χ4v) is 2.17. The van der Waals surface area contributed by atoms with Gasteiger partial charge < -0.3 is 11.1 Å². The van der Waals surface area contributed by atoms with Gasteiger partial charge in [0.1, 0.15) is 0 Å². The van der Waals surface area contributed by atoms with E-state index in [4.69, 9.17) is 5.73 Å². The second-order valence-corrected chi connectivity index (χ2v) is 4.78. The molecule has 0 bridgehead atoms. The van der Waals surface area contributed by atoms with Gasteiger partial charge in [-0.05, 0) is 24.6 Å². The van der Waals surface area contributed by atoms with Gasteiger partial charge in [0.25, 0.3) is 0 Å². The Balaban J connectivity index is 2.24. The van der Waals surface area contributed by atoms with Crippen LogP contribution in [0.4, 0.5) is 24.5 Å². The number of anilines is 2. The maximum Gasteiger partial charge on any atom is 0.418 e. The summed E-state index contributed by atoms with van der Waals surface area (Å²) in [6.45, 7) is 2.24. The van der Waals surface area contributed by atoms with Gasteiger partial charge in [-0.25, -0.2) is 0 Å². The van der Waals surface area contributed by atoms with Gasteiger partial charge in [0.15, 0.2) is 0 Å². The standard InChI is InChI=1S/C14H17F3N4/c1-3-12-9(8-21(2)20-12)7-19-13-5-4-10(18)6-11(13)14(15,16)17/h4-6,8,19H,3,7,18H2,1-2H3. The highest BCUT2D eigenvalue weighted by atomic mass is 19.4. The minimum absolute atomic E-state index is 0.0163. The molecule has 0 aliphatic rings. The zero-order valence-corrected chi connectivity index (χ0v) is 11.8. The van der Waals surface area contributed by atoms with Gasteiger partial charge in [0.05, 0.1) is 11.3 Å². The number of hydrogen-bond donors (Lipinski definition) is 2. The molecule has 0 atom stereocenters. The van der Waals surface area contributed by atoms with Gasteiger partial charge in [-0.1, -0.05) is 6.92 Å². The van der Waals surface area contributed by atoms with E-state index in [1.54, 1.807) is 17.9 Å². The zero-order valence-electron chi connectivity index (χ0n) is 11.8. The van der Waals surface area contributed by atoms with Crippen LogP contribution < -0.4 is 11.1 Å². The first-order valence-corrected chi connectivity index (χ1v) is 6.53. The third kappa shape index (κ3) is 3.48. The van der Waals surface area contributed by atoms with Crippen molar-refractivity contribution < 1.29 is 13.2 Å². The topological polar surface area (TPSA) is 55.9 Å². The lowest BCUT2D eigenvalue weighted by Gasteiger charge is -2.15. The molecule has 0 fully saturated rings. The maximum atomic E-state index is 13.0. The largest absolute Gasteiger partial charge is 0.418 e. The minimum Gasteiger partial charge on any atom is -0.399 e. The molecule has 0 aliphatic heterocycles. The Morgan fingerprint density at radius 1 is 1.33 bits per heavy atom. The highest BCUT2D eigenvalue weighted by Crippen LogP contribution is 2.36. The second kappa shape index (κ2) is 5.67.